The number of imidazole rings is 1. The molecule has 3 aromatic carbocycles. The van der Waals surface area contributed by atoms with Crippen LogP contribution in [0.15, 0.2) is 84.0 Å². The first-order valence-electron chi connectivity index (χ1n) is 10.7. The molecular weight excluding hydrogens is 441 g/mol. The zero-order chi connectivity index (χ0) is 23.7. The highest BCUT2D eigenvalue weighted by Gasteiger charge is 2.37. The van der Waals surface area contributed by atoms with Crippen molar-refractivity contribution >= 4 is 17.6 Å². The van der Waals surface area contributed by atoms with E-state index in [2.05, 4.69) is 9.98 Å². The van der Waals surface area contributed by atoms with E-state index in [9.17, 15) is 13.2 Å². The molecule has 0 amide bonds. The van der Waals surface area contributed by atoms with Gasteiger partial charge in [-0.3, -0.25) is 14.4 Å². The van der Waals surface area contributed by atoms with E-state index in [1.165, 1.54) is 15.7 Å². The van der Waals surface area contributed by atoms with Crippen molar-refractivity contribution in [1.82, 2.24) is 9.55 Å². The Morgan fingerprint density at radius 3 is 2.35 bits per heavy atom. The van der Waals surface area contributed by atoms with Gasteiger partial charge in [-0.25, -0.2) is 10.0 Å². The molecule has 2 heterocycles. The Kier molecular flexibility index (Phi) is 5.67. The molecule has 34 heavy (non-hydrogen) atoms. The third-order valence-corrected chi connectivity index (χ3v) is 5.49. The van der Waals surface area contributed by atoms with Gasteiger partial charge in [0.05, 0.1) is 41.5 Å². The minimum atomic E-state index is -4.59. The van der Waals surface area contributed by atoms with Crippen molar-refractivity contribution in [3.05, 3.63) is 95.8 Å². The van der Waals surface area contributed by atoms with Crippen molar-refractivity contribution < 1.29 is 18.0 Å². The molecule has 5 nitrogen and oxygen atoms in total. The third kappa shape index (κ3) is 4.32. The number of rotatable bonds is 5. The van der Waals surface area contributed by atoms with E-state index in [0.717, 1.165) is 17.2 Å². The number of fused-ring (bicyclic) bond motifs is 1. The van der Waals surface area contributed by atoms with Crippen LogP contribution in [0.1, 0.15) is 16.8 Å². The van der Waals surface area contributed by atoms with Crippen molar-refractivity contribution in [1.29, 1.82) is 0 Å². The third-order valence-electron chi connectivity index (χ3n) is 5.49. The van der Waals surface area contributed by atoms with Crippen LogP contribution in [0, 0.1) is 6.92 Å². The summed E-state index contributed by atoms with van der Waals surface area (Å²) < 4.78 is 44.4. The number of nitrogens with zero attached hydrogens (tertiary/aromatic N) is 4. The van der Waals surface area contributed by atoms with Crippen LogP contribution in [-0.4, -0.2) is 22.3 Å². The molecule has 0 radical (unpaired) electrons. The SMILES string of the molecule is Cc1cn(-c2cc3c(cc2C(F)(F)F)N(OCc2ccccc2)CC=N3)c(-c2ccccc2)n1. The van der Waals surface area contributed by atoms with E-state index in [-0.39, 0.29) is 24.5 Å². The molecule has 1 aromatic heterocycles. The van der Waals surface area contributed by atoms with Crippen LogP contribution < -0.4 is 5.06 Å². The number of aryl methyl sites for hydroxylation is 1. The largest absolute Gasteiger partial charge is 0.418 e. The Morgan fingerprint density at radius 1 is 0.941 bits per heavy atom. The summed E-state index contributed by atoms with van der Waals surface area (Å²) in [4.78, 5) is 14.7. The zero-order valence-electron chi connectivity index (χ0n) is 18.3. The number of benzene rings is 3. The van der Waals surface area contributed by atoms with E-state index in [0.29, 0.717) is 17.2 Å². The molecule has 0 spiro atoms. The molecule has 172 valence electrons. The first kappa shape index (κ1) is 21.9. The maximum Gasteiger partial charge on any atom is 0.418 e. The van der Waals surface area contributed by atoms with Crippen molar-refractivity contribution in [2.75, 3.05) is 11.6 Å². The highest BCUT2D eigenvalue weighted by Crippen LogP contribution is 2.43. The van der Waals surface area contributed by atoms with Crippen molar-refractivity contribution in [3.8, 4) is 17.1 Å². The number of alkyl halides is 3. The second-order valence-corrected chi connectivity index (χ2v) is 7.93. The zero-order valence-corrected chi connectivity index (χ0v) is 18.3. The summed E-state index contributed by atoms with van der Waals surface area (Å²) >= 11 is 0. The van der Waals surface area contributed by atoms with Crippen LogP contribution in [-0.2, 0) is 17.6 Å². The number of aromatic nitrogens is 2. The first-order valence-corrected chi connectivity index (χ1v) is 10.7. The predicted molar refractivity (Wildman–Crippen MR) is 125 cm³/mol. The molecule has 0 bridgehead atoms. The molecule has 0 atom stereocenters. The summed E-state index contributed by atoms with van der Waals surface area (Å²) in [6.07, 6.45) is -1.36. The highest BCUT2D eigenvalue weighted by molar-refractivity contribution is 5.83. The van der Waals surface area contributed by atoms with Gasteiger partial charge in [-0.1, -0.05) is 60.7 Å². The van der Waals surface area contributed by atoms with Gasteiger partial charge in [0.15, 0.2) is 0 Å². The molecule has 1 aliphatic heterocycles. The summed E-state index contributed by atoms with van der Waals surface area (Å²) in [5.41, 5.74) is 2.10. The van der Waals surface area contributed by atoms with Gasteiger partial charge in [0.1, 0.15) is 5.82 Å². The molecule has 0 fully saturated rings. The normalized spacial score (nSPS) is 13.2. The quantitative estimate of drug-likeness (QED) is 0.339. The van der Waals surface area contributed by atoms with Gasteiger partial charge in [0.2, 0.25) is 0 Å². The fraction of sp³-hybridized carbons (Fsp3) is 0.154. The Labute approximate surface area is 194 Å². The summed E-state index contributed by atoms with van der Waals surface area (Å²) in [5, 5.41) is 1.45. The molecule has 0 saturated carbocycles. The second-order valence-electron chi connectivity index (χ2n) is 7.93. The van der Waals surface area contributed by atoms with E-state index in [4.69, 9.17) is 4.84 Å². The monoisotopic (exact) mass is 462 g/mol. The minimum Gasteiger partial charge on any atom is -0.299 e. The average Bonchev–Trinajstić information content (AvgIpc) is 3.24. The Bertz CT molecular complexity index is 1330. The maximum atomic E-state index is 14.3. The number of aliphatic imine (C=N–C) groups is 1. The molecular formula is C26H21F3N4O. The fourth-order valence-corrected chi connectivity index (χ4v) is 3.93. The van der Waals surface area contributed by atoms with Gasteiger partial charge >= 0.3 is 6.18 Å². The summed E-state index contributed by atoms with van der Waals surface area (Å²) in [7, 11) is 0. The van der Waals surface area contributed by atoms with E-state index >= 15 is 0 Å². The van der Waals surface area contributed by atoms with Crippen molar-refractivity contribution in [3.63, 3.8) is 0 Å². The van der Waals surface area contributed by atoms with Gasteiger partial charge in [0.25, 0.3) is 0 Å². The molecule has 5 rings (SSSR count). The highest BCUT2D eigenvalue weighted by atomic mass is 19.4. The van der Waals surface area contributed by atoms with Gasteiger partial charge < -0.3 is 0 Å². The smallest absolute Gasteiger partial charge is 0.299 e. The van der Waals surface area contributed by atoms with E-state index in [1.54, 1.807) is 19.3 Å². The molecule has 0 N–H and O–H groups in total. The molecule has 1 aliphatic rings. The lowest BCUT2D eigenvalue weighted by Crippen LogP contribution is -2.28. The Balaban J connectivity index is 1.59. The average molecular weight is 462 g/mol. The number of halogens is 3. The van der Waals surface area contributed by atoms with Crippen LogP contribution in [0.5, 0.6) is 0 Å². The van der Waals surface area contributed by atoms with Gasteiger partial charge in [-0.15, -0.1) is 0 Å². The van der Waals surface area contributed by atoms with E-state index in [1.807, 2.05) is 60.7 Å². The number of hydrogen-bond acceptors (Lipinski definition) is 4. The number of hydrogen-bond donors (Lipinski definition) is 0. The fourth-order valence-electron chi connectivity index (χ4n) is 3.93. The van der Waals surface area contributed by atoms with Crippen LogP contribution in [0.3, 0.4) is 0 Å². The van der Waals surface area contributed by atoms with Gasteiger partial charge in [-0.05, 0) is 24.6 Å². The summed E-state index contributed by atoms with van der Waals surface area (Å²) in [6, 6.07) is 21.2. The minimum absolute atomic E-state index is 0.0345. The van der Waals surface area contributed by atoms with Crippen LogP contribution in [0.25, 0.3) is 17.1 Å². The topological polar surface area (TPSA) is 42.6 Å². The van der Waals surface area contributed by atoms with Crippen molar-refractivity contribution in [2.45, 2.75) is 19.7 Å². The second kappa shape index (κ2) is 8.79. The van der Waals surface area contributed by atoms with E-state index < -0.39 is 11.7 Å². The lowest BCUT2D eigenvalue weighted by molar-refractivity contribution is -0.137. The lowest BCUT2D eigenvalue weighted by Gasteiger charge is -2.28. The molecule has 4 aromatic rings. The Hall–Kier alpha value is -3.91. The van der Waals surface area contributed by atoms with Crippen molar-refractivity contribution in [2.24, 2.45) is 4.99 Å². The molecule has 0 aliphatic carbocycles. The molecule has 0 unspecified atom stereocenters. The summed E-state index contributed by atoms with van der Waals surface area (Å²) in [5.74, 6) is 0.431. The van der Waals surface area contributed by atoms with Gasteiger partial charge in [0, 0.05) is 18.0 Å². The number of hydroxylamine groups is 1. The Morgan fingerprint density at radius 2 is 1.65 bits per heavy atom. The predicted octanol–water partition coefficient (Wildman–Crippen LogP) is 6.52. The standard InChI is InChI=1S/C26H21F3N4O/c1-18-16-32(25(31-18)20-10-6-3-7-11-20)23-15-22-24(14-21(23)26(27,28)29)33(13-12-30-22)34-17-19-8-4-2-5-9-19/h2-12,14-16H,13,17H2,1H3. The molecule has 8 heteroatoms. The summed E-state index contributed by atoms with van der Waals surface area (Å²) in [6.45, 7) is 2.23. The number of anilines is 1. The van der Waals surface area contributed by atoms with Crippen LogP contribution in [0.4, 0.5) is 24.5 Å². The van der Waals surface area contributed by atoms with Crippen LogP contribution in [0.2, 0.25) is 0 Å². The van der Waals surface area contributed by atoms with Gasteiger partial charge in [-0.2, -0.15) is 13.2 Å². The van der Waals surface area contributed by atoms with Crippen LogP contribution >= 0.6 is 0 Å². The lowest BCUT2D eigenvalue weighted by atomic mass is 10.1. The maximum absolute atomic E-state index is 14.3. The first-order chi connectivity index (χ1) is 16.4. The molecule has 0 saturated heterocycles.